The van der Waals surface area contributed by atoms with E-state index in [1.807, 2.05) is 6.92 Å². The second-order valence-electron chi connectivity index (χ2n) is 3.63. The van der Waals surface area contributed by atoms with Gasteiger partial charge in [0.2, 0.25) is 10.0 Å². The predicted molar refractivity (Wildman–Crippen MR) is 64.7 cm³/mol. The van der Waals surface area contributed by atoms with E-state index in [0.29, 0.717) is 17.7 Å². The molecule has 2 N–H and O–H groups in total. The number of hydrogen-bond acceptors (Lipinski definition) is 3. The molecule has 0 atom stereocenters. The van der Waals surface area contributed by atoms with Crippen LogP contribution in [0.5, 0.6) is 0 Å². The van der Waals surface area contributed by atoms with Crippen molar-refractivity contribution in [3.05, 3.63) is 29.8 Å². The Hall–Kier alpha value is -1.07. The SMILES string of the molecule is CCCCS(=O)(=O)Nc1cccc(CO)c1. The number of benzene rings is 1. The van der Waals surface area contributed by atoms with E-state index in [4.69, 9.17) is 5.11 Å². The number of rotatable bonds is 6. The van der Waals surface area contributed by atoms with Crippen molar-refractivity contribution < 1.29 is 13.5 Å². The molecule has 0 aromatic heterocycles. The Bertz CT molecular complexity index is 429. The van der Waals surface area contributed by atoms with Gasteiger partial charge < -0.3 is 5.11 Å². The van der Waals surface area contributed by atoms with Gasteiger partial charge in [0.1, 0.15) is 0 Å². The van der Waals surface area contributed by atoms with Gasteiger partial charge in [0.05, 0.1) is 12.4 Å². The summed E-state index contributed by atoms with van der Waals surface area (Å²) in [5.74, 6) is 0.132. The fourth-order valence-electron chi connectivity index (χ4n) is 1.30. The Morgan fingerprint density at radius 2 is 2.12 bits per heavy atom. The van der Waals surface area contributed by atoms with Crippen molar-refractivity contribution in [2.45, 2.75) is 26.4 Å². The Kier molecular flexibility index (Phi) is 4.76. The van der Waals surface area contributed by atoms with Gasteiger partial charge in [-0.15, -0.1) is 0 Å². The third-order valence-electron chi connectivity index (χ3n) is 2.15. The molecule has 0 aliphatic rings. The smallest absolute Gasteiger partial charge is 0.232 e. The zero-order valence-corrected chi connectivity index (χ0v) is 10.1. The molecule has 0 saturated carbocycles. The largest absolute Gasteiger partial charge is 0.392 e. The quantitative estimate of drug-likeness (QED) is 0.799. The van der Waals surface area contributed by atoms with Crippen molar-refractivity contribution in [1.82, 2.24) is 0 Å². The third kappa shape index (κ3) is 4.20. The molecule has 0 radical (unpaired) electrons. The van der Waals surface area contributed by atoms with Crippen molar-refractivity contribution in [3.8, 4) is 0 Å². The van der Waals surface area contributed by atoms with Crippen LogP contribution in [0.3, 0.4) is 0 Å². The topological polar surface area (TPSA) is 66.4 Å². The van der Waals surface area contributed by atoms with E-state index in [-0.39, 0.29) is 12.4 Å². The van der Waals surface area contributed by atoms with Gasteiger partial charge in [0, 0.05) is 5.69 Å². The molecule has 0 aliphatic carbocycles. The minimum atomic E-state index is -3.25. The lowest BCUT2D eigenvalue weighted by Gasteiger charge is -2.08. The van der Waals surface area contributed by atoms with E-state index in [0.717, 1.165) is 6.42 Å². The van der Waals surface area contributed by atoms with Gasteiger partial charge in [-0.1, -0.05) is 25.5 Å². The van der Waals surface area contributed by atoms with Gasteiger partial charge in [0.15, 0.2) is 0 Å². The van der Waals surface area contributed by atoms with Crippen LogP contribution in [-0.4, -0.2) is 19.3 Å². The third-order valence-corrected chi connectivity index (χ3v) is 3.52. The van der Waals surface area contributed by atoms with Crippen LogP contribution in [0.2, 0.25) is 0 Å². The van der Waals surface area contributed by atoms with Gasteiger partial charge in [-0.2, -0.15) is 0 Å². The van der Waals surface area contributed by atoms with E-state index in [1.54, 1.807) is 24.3 Å². The fraction of sp³-hybridized carbons (Fsp3) is 0.455. The average molecular weight is 243 g/mol. The molecule has 0 saturated heterocycles. The number of hydrogen-bond donors (Lipinski definition) is 2. The fourth-order valence-corrected chi connectivity index (χ4v) is 2.55. The number of aliphatic hydroxyl groups excluding tert-OH is 1. The summed E-state index contributed by atoms with van der Waals surface area (Å²) in [5.41, 5.74) is 1.19. The molecule has 0 fully saturated rings. The van der Waals surface area contributed by atoms with E-state index in [9.17, 15) is 8.42 Å². The molecule has 0 unspecified atom stereocenters. The van der Waals surface area contributed by atoms with Crippen LogP contribution in [0.25, 0.3) is 0 Å². The molecule has 4 nitrogen and oxygen atoms in total. The van der Waals surface area contributed by atoms with Crippen molar-refractivity contribution in [1.29, 1.82) is 0 Å². The summed E-state index contributed by atoms with van der Waals surface area (Å²) >= 11 is 0. The van der Waals surface area contributed by atoms with E-state index in [1.165, 1.54) is 0 Å². The lowest BCUT2D eigenvalue weighted by atomic mass is 10.2. The Labute approximate surface area is 96.4 Å². The molecule has 0 spiro atoms. The highest BCUT2D eigenvalue weighted by Crippen LogP contribution is 2.12. The molecule has 0 heterocycles. The standard InChI is InChI=1S/C11H17NO3S/c1-2-3-7-16(14,15)12-11-6-4-5-10(8-11)9-13/h4-6,8,12-13H,2-3,7,9H2,1H3. The zero-order valence-electron chi connectivity index (χ0n) is 9.31. The van der Waals surface area contributed by atoms with Crippen molar-refractivity contribution in [3.63, 3.8) is 0 Å². The predicted octanol–water partition coefficient (Wildman–Crippen LogP) is 1.72. The maximum absolute atomic E-state index is 11.6. The molecule has 16 heavy (non-hydrogen) atoms. The minimum absolute atomic E-state index is 0.0927. The summed E-state index contributed by atoms with van der Waals surface area (Å²) in [7, 11) is -3.25. The van der Waals surface area contributed by atoms with Gasteiger partial charge in [-0.3, -0.25) is 4.72 Å². The Balaban J connectivity index is 2.72. The highest BCUT2D eigenvalue weighted by atomic mass is 32.2. The average Bonchev–Trinajstić information content (AvgIpc) is 2.26. The van der Waals surface area contributed by atoms with E-state index in [2.05, 4.69) is 4.72 Å². The summed E-state index contributed by atoms with van der Waals surface area (Å²) in [4.78, 5) is 0. The normalized spacial score (nSPS) is 11.4. The van der Waals surface area contributed by atoms with E-state index >= 15 is 0 Å². The van der Waals surface area contributed by atoms with Gasteiger partial charge >= 0.3 is 0 Å². The maximum atomic E-state index is 11.6. The first-order valence-corrected chi connectivity index (χ1v) is 6.93. The maximum Gasteiger partial charge on any atom is 0.232 e. The van der Waals surface area contributed by atoms with Crippen molar-refractivity contribution >= 4 is 15.7 Å². The summed E-state index contributed by atoms with van der Waals surface area (Å²) in [6.45, 7) is 1.85. The Morgan fingerprint density at radius 1 is 1.38 bits per heavy atom. The van der Waals surface area contributed by atoms with Crippen molar-refractivity contribution in [2.75, 3.05) is 10.5 Å². The van der Waals surface area contributed by atoms with Crippen LogP contribution >= 0.6 is 0 Å². The minimum Gasteiger partial charge on any atom is -0.392 e. The lowest BCUT2D eigenvalue weighted by Crippen LogP contribution is -2.16. The number of unbranched alkanes of at least 4 members (excludes halogenated alkanes) is 1. The van der Waals surface area contributed by atoms with Gasteiger partial charge in [-0.25, -0.2) is 8.42 Å². The van der Waals surface area contributed by atoms with Crippen LogP contribution in [0, 0.1) is 0 Å². The molecule has 0 bridgehead atoms. The number of sulfonamides is 1. The van der Waals surface area contributed by atoms with Crippen LogP contribution in [-0.2, 0) is 16.6 Å². The number of anilines is 1. The van der Waals surface area contributed by atoms with Gasteiger partial charge in [0.25, 0.3) is 0 Å². The van der Waals surface area contributed by atoms with E-state index < -0.39 is 10.0 Å². The molecule has 1 aromatic carbocycles. The van der Waals surface area contributed by atoms with Crippen LogP contribution in [0.4, 0.5) is 5.69 Å². The number of nitrogens with one attached hydrogen (secondary N) is 1. The molecule has 90 valence electrons. The molecule has 1 rings (SSSR count). The zero-order chi connectivity index (χ0) is 12.0. The van der Waals surface area contributed by atoms with Crippen LogP contribution in [0.1, 0.15) is 25.3 Å². The monoisotopic (exact) mass is 243 g/mol. The molecule has 0 aliphatic heterocycles. The lowest BCUT2D eigenvalue weighted by molar-refractivity contribution is 0.282. The first-order valence-electron chi connectivity index (χ1n) is 5.27. The number of aliphatic hydroxyl groups is 1. The van der Waals surface area contributed by atoms with Crippen LogP contribution in [0.15, 0.2) is 24.3 Å². The molecular formula is C11H17NO3S. The summed E-state index contributed by atoms with van der Waals surface area (Å²) in [5, 5.41) is 8.92. The molecule has 5 heteroatoms. The molecular weight excluding hydrogens is 226 g/mol. The van der Waals surface area contributed by atoms with Crippen LogP contribution < -0.4 is 4.72 Å². The molecule has 1 aromatic rings. The highest BCUT2D eigenvalue weighted by molar-refractivity contribution is 7.92. The second-order valence-corrected chi connectivity index (χ2v) is 5.47. The van der Waals surface area contributed by atoms with Gasteiger partial charge in [-0.05, 0) is 24.1 Å². The summed E-state index contributed by atoms with van der Waals surface area (Å²) in [6, 6.07) is 6.75. The first kappa shape index (κ1) is 13.0. The summed E-state index contributed by atoms with van der Waals surface area (Å²) in [6.07, 6.45) is 1.49. The first-order chi connectivity index (χ1) is 7.57. The second kappa shape index (κ2) is 5.86. The summed E-state index contributed by atoms with van der Waals surface area (Å²) < 4.78 is 25.7. The molecule has 0 amide bonds. The Morgan fingerprint density at radius 3 is 2.75 bits per heavy atom. The highest BCUT2D eigenvalue weighted by Gasteiger charge is 2.09. The van der Waals surface area contributed by atoms with Crippen molar-refractivity contribution in [2.24, 2.45) is 0 Å².